The van der Waals surface area contributed by atoms with Crippen molar-refractivity contribution in [1.82, 2.24) is 4.90 Å². The number of urea groups is 1. The van der Waals surface area contributed by atoms with Crippen molar-refractivity contribution >= 4 is 20.8 Å². The Morgan fingerprint density at radius 3 is 2.13 bits per heavy atom. The summed E-state index contributed by atoms with van der Waals surface area (Å²) in [4.78, 5) is 47.8. The minimum Gasteiger partial charge on any atom is -0.480 e. The first-order valence-electron chi connectivity index (χ1n) is 4.15. The summed E-state index contributed by atoms with van der Waals surface area (Å²) in [5.74, 6) is -1.21. The second-order valence-corrected chi connectivity index (χ2v) is 5.08. The summed E-state index contributed by atoms with van der Waals surface area (Å²) in [6.45, 7) is -0.593. The van der Waals surface area contributed by atoms with E-state index in [1.807, 2.05) is 0 Å². The van der Waals surface area contributed by atoms with Crippen LogP contribution in [0.5, 0.6) is 0 Å². The van der Waals surface area contributed by atoms with Crippen molar-refractivity contribution in [1.29, 1.82) is 0 Å². The number of carboxylic acid groups (broad SMARTS) is 1. The highest BCUT2D eigenvalue weighted by Gasteiger charge is 2.26. The van der Waals surface area contributed by atoms with Crippen LogP contribution in [0.15, 0.2) is 0 Å². The number of hydrogen-bond donors (Lipinski definition) is 5. The van der Waals surface area contributed by atoms with Gasteiger partial charge in [0.25, 0.3) is 0 Å². The Balaban J connectivity index is 3.98. The van der Waals surface area contributed by atoms with Crippen LogP contribution in [0.25, 0.3) is 0 Å². The van der Waals surface area contributed by atoms with Crippen molar-refractivity contribution in [3.05, 3.63) is 0 Å². The van der Waals surface area contributed by atoms with Crippen molar-refractivity contribution in [2.45, 2.75) is 12.5 Å². The van der Waals surface area contributed by atoms with E-state index in [4.69, 9.17) is 25.2 Å². The first-order valence-corrected chi connectivity index (χ1v) is 6.20. The maximum absolute atomic E-state index is 10.7. The molecule has 0 saturated carbocycles. The lowest BCUT2D eigenvalue weighted by molar-refractivity contribution is -0.137. The number of carboxylic acids is 1. The number of aliphatic carboxylic acids is 1. The molecule has 8 nitrogen and oxygen atoms in total. The van der Waals surface area contributed by atoms with Gasteiger partial charge in [0.15, 0.2) is 0 Å². The maximum Gasteiger partial charge on any atom is 0.492 e. The lowest BCUT2D eigenvalue weighted by Crippen LogP contribution is -2.41. The molecule has 15 heavy (non-hydrogen) atoms. The molecule has 6 N–H and O–H groups in total. The first kappa shape index (κ1) is 13.8. The second kappa shape index (κ2) is 5.65. The molecule has 0 saturated heterocycles. The van der Waals surface area contributed by atoms with Crippen LogP contribution in [0, 0.1) is 0 Å². The number of carbonyl (C=O) groups excluding carboxylic acids is 1. The van der Waals surface area contributed by atoms with Gasteiger partial charge >= 0.3 is 20.8 Å². The molecule has 0 heterocycles. The summed E-state index contributed by atoms with van der Waals surface area (Å²) in [7, 11) is -4.12. The zero-order valence-electron chi connectivity index (χ0n) is 7.96. The predicted octanol–water partition coefficient (Wildman–Crippen LogP) is -2.24. The average Bonchev–Trinajstić information content (AvgIpc) is 1.99. The number of primary amides is 1. The summed E-state index contributed by atoms with van der Waals surface area (Å²) in [5, 5.41) is 8.40. The monoisotopic (exact) mass is 238 g/mol. The molecule has 0 aliphatic heterocycles. The number of nitrogens with two attached hydrogens (primary N) is 1. The topological polar surface area (TPSA) is 144 Å². The van der Waals surface area contributed by atoms with Crippen LogP contribution < -0.4 is 5.73 Å². The van der Waals surface area contributed by atoms with Crippen molar-refractivity contribution in [3.63, 3.8) is 0 Å². The van der Waals surface area contributed by atoms with Crippen LogP contribution in [0.1, 0.15) is 6.42 Å². The third-order valence-electron chi connectivity index (χ3n) is 1.58. The van der Waals surface area contributed by atoms with Crippen LogP contribution >= 0.6 is 0 Å². The highest BCUT2D eigenvalue weighted by atomic mass is 28.4. The molecule has 0 aromatic carbocycles. The molecular formula is C6H14N2O6Si. The smallest absolute Gasteiger partial charge is 0.480 e. The van der Waals surface area contributed by atoms with Gasteiger partial charge in [-0.15, -0.1) is 0 Å². The van der Waals surface area contributed by atoms with E-state index in [0.29, 0.717) is 0 Å². The molecule has 0 aromatic rings. The van der Waals surface area contributed by atoms with E-state index in [-0.39, 0.29) is 19.0 Å². The number of hydrogen-bond acceptors (Lipinski definition) is 5. The fourth-order valence-corrected chi connectivity index (χ4v) is 1.57. The van der Waals surface area contributed by atoms with Crippen LogP contribution in [-0.2, 0) is 4.79 Å². The molecule has 0 unspecified atom stereocenters. The largest absolute Gasteiger partial charge is 0.492 e. The molecule has 0 rings (SSSR count). The minimum absolute atomic E-state index is 0.0436. The molecule has 2 amide bonds. The van der Waals surface area contributed by atoms with Gasteiger partial charge in [-0.25, -0.2) is 4.79 Å². The molecule has 88 valence electrons. The van der Waals surface area contributed by atoms with E-state index in [1.54, 1.807) is 0 Å². The zero-order valence-corrected chi connectivity index (χ0v) is 8.96. The summed E-state index contributed by atoms with van der Waals surface area (Å²) >= 11 is 0. The summed E-state index contributed by atoms with van der Waals surface area (Å²) in [6.07, 6.45) is 0.0753. The van der Waals surface area contributed by atoms with Crippen molar-refractivity contribution in [2.75, 3.05) is 13.1 Å². The van der Waals surface area contributed by atoms with E-state index in [2.05, 4.69) is 0 Å². The van der Waals surface area contributed by atoms with E-state index < -0.39 is 27.3 Å². The van der Waals surface area contributed by atoms with E-state index >= 15 is 0 Å². The van der Waals surface area contributed by atoms with Crippen LogP contribution in [0.2, 0.25) is 6.04 Å². The maximum atomic E-state index is 10.7. The van der Waals surface area contributed by atoms with Crippen molar-refractivity contribution < 1.29 is 29.1 Å². The zero-order chi connectivity index (χ0) is 12.1. The number of rotatable bonds is 6. The Morgan fingerprint density at radius 1 is 1.27 bits per heavy atom. The Bertz CT molecular complexity index is 240. The van der Waals surface area contributed by atoms with E-state index in [9.17, 15) is 9.59 Å². The molecule has 0 fully saturated rings. The Labute approximate surface area is 86.9 Å². The Hall–Kier alpha value is -1.16. The van der Waals surface area contributed by atoms with Crippen molar-refractivity contribution in [2.24, 2.45) is 5.73 Å². The molecule has 0 spiro atoms. The highest BCUT2D eigenvalue weighted by molar-refractivity contribution is 6.56. The van der Waals surface area contributed by atoms with Gasteiger partial charge in [-0.2, -0.15) is 0 Å². The van der Waals surface area contributed by atoms with E-state index in [0.717, 1.165) is 4.90 Å². The summed E-state index contributed by atoms with van der Waals surface area (Å²) < 4.78 is 0. The summed E-state index contributed by atoms with van der Waals surface area (Å²) in [5.41, 5.74) is 4.88. The fourth-order valence-electron chi connectivity index (χ4n) is 0.938. The molecule has 9 heteroatoms. The highest BCUT2D eigenvalue weighted by Crippen LogP contribution is 2.03. The van der Waals surface area contributed by atoms with Gasteiger partial charge in [0.2, 0.25) is 0 Å². The normalized spacial score (nSPS) is 11.1. The molecule has 0 radical (unpaired) electrons. The van der Waals surface area contributed by atoms with Gasteiger partial charge in [0.1, 0.15) is 6.54 Å². The minimum atomic E-state index is -4.12. The van der Waals surface area contributed by atoms with Gasteiger partial charge < -0.3 is 30.1 Å². The molecule has 0 bridgehead atoms. The van der Waals surface area contributed by atoms with Gasteiger partial charge in [-0.05, 0) is 6.42 Å². The Morgan fingerprint density at radius 2 is 1.80 bits per heavy atom. The number of carbonyl (C=O) groups is 2. The Kier molecular flexibility index (Phi) is 5.21. The average molecular weight is 238 g/mol. The predicted molar refractivity (Wildman–Crippen MR) is 50.6 cm³/mol. The quantitative estimate of drug-likeness (QED) is 0.331. The van der Waals surface area contributed by atoms with Gasteiger partial charge in [0, 0.05) is 12.6 Å². The second-order valence-electron chi connectivity index (χ2n) is 3.03. The fraction of sp³-hybridized carbons (Fsp3) is 0.667. The third kappa shape index (κ3) is 7.87. The molecule has 0 atom stereocenters. The van der Waals surface area contributed by atoms with Gasteiger partial charge in [-0.3, -0.25) is 4.79 Å². The first-order chi connectivity index (χ1) is 6.72. The van der Waals surface area contributed by atoms with E-state index in [1.165, 1.54) is 0 Å². The summed E-state index contributed by atoms with van der Waals surface area (Å²) in [6, 6.07) is -1.17. The lowest BCUT2D eigenvalue weighted by Gasteiger charge is -2.18. The third-order valence-corrected chi connectivity index (χ3v) is 2.60. The molecule has 0 aliphatic carbocycles. The standard InChI is InChI=1S/C6H14N2O6Si/c7-6(11)8(4-5(9)10)2-1-3-15(12,13)14/h12-14H,1-4H2,(H2,7,11)(H,9,10). The molecule has 0 aliphatic rings. The molecule has 0 aromatic heterocycles. The van der Waals surface area contributed by atoms with Crippen LogP contribution in [0.3, 0.4) is 0 Å². The van der Waals surface area contributed by atoms with Crippen LogP contribution in [0.4, 0.5) is 4.79 Å². The van der Waals surface area contributed by atoms with Gasteiger partial charge in [0.05, 0.1) is 0 Å². The van der Waals surface area contributed by atoms with Crippen molar-refractivity contribution in [3.8, 4) is 0 Å². The molecular weight excluding hydrogens is 224 g/mol. The SMILES string of the molecule is NC(=O)N(CCC[Si](O)(O)O)CC(=O)O. The van der Waals surface area contributed by atoms with Gasteiger partial charge in [-0.1, -0.05) is 0 Å². The number of amides is 2. The number of nitrogens with zero attached hydrogens (tertiary/aromatic N) is 1. The lowest BCUT2D eigenvalue weighted by atomic mass is 10.4. The van der Waals surface area contributed by atoms with Crippen LogP contribution in [-0.4, -0.2) is 58.3 Å².